The van der Waals surface area contributed by atoms with Crippen molar-refractivity contribution in [1.29, 1.82) is 0 Å². The summed E-state index contributed by atoms with van der Waals surface area (Å²) in [6.07, 6.45) is 3.56. The number of aromatic nitrogens is 3. The summed E-state index contributed by atoms with van der Waals surface area (Å²) in [5.41, 5.74) is 3.87. The maximum atomic E-state index is 12.9. The van der Waals surface area contributed by atoms with Gasteiger partial charge in [0.05, 0.1) is 5.52 Å². The smallest absolute Gasteiger partial charge is 0.231 e. The molecule has 0 saturated carbocycles. The number of ketones is 1. The highest BCUT2D eigenvalue weighted by atomic mass is 16.1. The highest BCUT2D eigenvalue weighted by Gasteiger charge is 2.20. The van der Waals surface area contributed by atoms with Crippen molar-refractivity contribution in [3.05, 3.63) is 90.0 Å². The molecule has 0 spiro atoms. The third kappa shape index (κ3) is 2.80. The van der Waals surface area contributed by atoms with E-state index in [0.717, 1.165) is 16.9 Å². The summed E-state index contributed by atoms with van der Waals surface area (Å²) in [7, 11) is 0. The summed E-state index contributed by atoms with van der Waals surface area (Å²) in [6, 6.07) is 19.4. The molecule has 3 aromatic heterocycles. The maximum Gasteiger partial charge on any atom is 0.231 e. The van der Waals surface area contributed by atoms with E-state index in [1.54, 1.807) is 18.3 Å². The summed E-state index contributed by atoms with van der Waals surface area (Å²) in [5.74, 6) is 1.07. The maximum absolute atomic E-state index is 12.9. The fourth-order valence-electron chi connectivity index (χ4n) is 3.04. The molecule has 4 aromatic rings. The van der Waals surface area contributed by atoms with Gasteiger partial charge in [0, 0.05) is 18.0 Å². The first-order valence-corrected chi connectivity index (χ1v) is 8.68. The van der Waals surface area contributed by atoms with Gasteiger partial charge >= 0.3 is 0 Å². The molecule has 0 saturated heterocycles. The Kier molecular flexibility index (Phi) is 4.09. The van der Waals surface area contributed by atoms with E-state index in [0.29, 0.717) is 17.3 Å². The van der Waals surface area contributed by atoms with Crippen molar-refractivity contribution in [3.63, 3.8) is 0 Å². The van der Waals surface area contributed by atoms with Gasteiger partial charge < -0.3 is 0 Å². The van der Waals surface area contributed by atoms with Crippen LogP contribution in [0, 0.1) is 0 Å². The molecule has 4 heteroatoms. The van der Waals surface area contributed by atoms with Crippen LogP contribution in [0.2, 0.25) is 0 Å². The summed E-state index contributed by atoms with van der Waals surface area (Å²) >= 11 is 0. The molecule has 128 valence electrons. The lowest BCUT2D eigenvalue weighted by Crippen LogP contribution is -2.04. The minimum atomic E-state index is -0.167. The van der Waals surface area contributed by atoms with Crippen LogP contribution in [-0.2, 0) is 0 Å². The zero-order valence-corrected chi connectivity index (χ0v) is 14.8. The predicted octanol–water partition coefficient (Wildman–Crippen LogP) is 4.75. The van der Waals surface area contributed by atoms with Gasteiger partial charge in [0.15, 0.2) is 0 Å². The highest BCUT2D eigenvalue weighted by molar-refractivity contribution is 6.11. The number of carbonyl (C=O) groups is 1. The fraction of sp³-hybridized carbons (Fsp3) is 0.136. The van der Waals surface area contributed by atoms with Crippen LogP contribution in [0.3, 0.4) is 0 Å². The van der Waals surface area contributed by atoms with Gasteiger partial charge in [0.1, 0.15) is 17.2 Å². The Labute approximate surface area is 152 Å². The van der Waals surface area contributed by atoms with Crippen LogP contribution in [0.4, 0.5) is 0 Å². The van der Waals surface area contributed by atoms with Gasteiger partial charge in [-0.3, -0.25) is 14.2 Å². The molecular weight excluding hydrogens is 322 g/mol. The Morgan fingerprint density at radius 3 is 2.42 bits per heavy atom. The summed E-state index contributed by atoms with van der Waals surface area (Å²) in [6.45, 7) is 4.34. The average Bonchev–Trinajstić information content (AvgIpc) is 3.08. The first kappa shape index (κ1) is 16.2. The van der Waals surface area contributed by atoms with E-state index in [4.69, 9.17) is 0 Å². The lowest BCUT2D eigenvalue weighted by molar-refractivity contribution is 0.103. The summed E-state index contributed by atoms with van der Waals surface area (Å²) < 4.78 is 1.96. The van der Waals surface area contributed by atoms with E-state index < -0.39 is 0 Å². The number of hydrogen-bond donors (Lipinski definition) is 0. The first-order chi connectivity index (χ1) is 12.6. The predicted molar refractivity (Wildman–Crippen MR) is 102 cm³/mol. The second kappa shape index (κ2) is 6.56. The van der Waals surface area contributed by atoms with Crippen molar-refractivity contribution in [2.24, 2.45) is 0 Å². The molecule has 0 unspecified atom stereocenters. The number of benzene rings is 1. The van der Waals surface area contributed by atoms with E-state index in [1.807, 2.05) is 34.9 Å². The van der Waals surface area contributed by atoms with Gasteiger partial charge in [-0.15, -0.1) is 0 Å². The fourth-order valence-corrected chi connectivity index (χ4v) is 3.04. The van der Waals surface area contributed by atoms with Gasteiger partial charge in [0.25, 0.3) is 0 Å². The molecule has 1 aromatic carbocycles. The lowest BCUT2D eigenvalue weighted by atomic mass is 10.0. The summed E-state index contributed by atoms with van der Waals surface area (Å²) in [5, 5.41) is 0. The van der Waals surface area contributed by atoms with E-state index >= 15 is 0 Å². The van der Waals surface area contributed by atoms with Crippen LogP contribution < -0.4 is 0 Å². The number of fused-ring (bicyclic) bond motifs is 1. The molecule has 0 bridgehead atoms. The van der Waals surface area contributed by atoms with Crippen molar-refractivity contribution >= 4 is 11.3 Å². The monoisotopic (exact) mass is 341 g/mol. The Morgan fingerprint density at radius 1 is 0.962 bits per heavy atom. The van der Waals surface area contributed by atoms with Crippen LogP contribution >= 0.6 is 0 Å². The van der Waals surface area contributed by atoms with Crippen LogP contribution in [0.5, 0.6) is 0 Å². The molecular formula is C22H19N3O. The Balaban J connectivity index is 1.85. The van der Waals surface area contributed by atoms with E-state index in [1.165, 1.54) is 5.56 Å². The first-order valence-electron chi connectivity index (χ1n) is 8.68. The molecule has 4 nitrogen and oxygen atoms in total. The number of nitrogens with zero attached hydrogens (tertiary/aromatic N) is 3. The molecule has 0 aliphatic rings. The standard InChI is InChI=1S/C22H19N3O/c1-15(2)16-9-11-17(12-10-16)22-24-20(19-8-4-6-14-25(19)22)21(26)18-7-3-5-13-23-18/h3-15H,1-2H3. The van der Waals surface area contributed by atoms with Crippen LogP contribution in [0.1, 0.15) is 41.5 Å². The minimum Gasteiger partial charge on any atom is -0.299 e. The highest BCUT2D eigenvalue weighted by Crippen LogP contribution is 2.26. The Hall–Kier alpha value is -3.27. The van der Waals surface area contributed by atoms with Crippen LogP contribution in [-0.4, -0.2) is 20.2 Å². The quantitative estimate of drug-likeness (QED) is 0.503. The molecule has 3 heterocycles. The van der Waals surface area contributed by atoms with Gasteiger partial charge in [-0.2, -0.15) is 0 Å². The van der Waals surface area contributed by atoms with Gasteiger partial charge in [-0.25, -0.2) is 4.98 Å². The van der Waals surface area contributed by atoms with E-state index in [9.17, 15) is 4.79 Å². The molecule has 26 heavy (non-hydrogen) atoms. The van der Waals surface area contributed by atoms with Gasteiger partial charge in [0.2, 0.25) is 5.78 Å². The average molecular weight is 341 g/mol. The lowest BCUT2D eigenvalue weighted by Gasteiger charge is -2.06. The van der Waals surface area contributed by atoms with E-state index in [2.05, 4.69) is 48.1 Å². The van der Waals surface area contributed by atoms with Crippen molar-refractivity contribution in [1.82, 2.24) is 14.4 Å². The molecule has 0 N–H and O–H groups in total. The molecule has 4 rings (SSSR count). The topological polar surface area (TPSA) is 47.3 Å². The molecule has 0 atom stereocenters. The van der Waals surface area contributed by atoms with E-state index in [-0.39, 0.29) is 5.78 Å². The number of imidazole rings is 1. The number of carbonyl (C=O) groups excluding carboxylic acids is 1. The van der Waals surface area contributed by atoms with Crippen molar-refractivity contribution < 1.29 is 4.79 Å². The van der Waals surface area contributed by atoms with Crippen molar-refractivity contribution in [3.8, 4) is 11.4 Å². The van der Waals surface area contributed by atoms with Crippen molar-refractivity contribution in [2.45, 2.75) is 19.8 Å². The Bertz CT molecular complexity index is 1060. The SMILES string of the molecule is CC(C)c1ccc(-c2nc(C(=O)c3ccccn3)c3ccccn23)cc1. The molecule has 0 aliphatic heterocycles. The van der Waals surface area contributed by atoms with Crippen LogP contribution in [0.15, 0.2) is 73.1 Å². The number of rotatable bonds is 4. The second-order valence-corrected chi connectivity index (χ2v) is 6.56. The Morgan fingerprint density at radius 2 is 1.73 bits per heavy atom. The number of hydrogen-bond acceptors (Lipinski definition) is 3. The number of pyridine rings is 2. The third-order valence-corrected chi connectivity index (χ3v) is 4.50. The van der Waals surface area contributed by atoms with Crippen molar-refractivity contribution in [2.75, 3.05) is 0 Å². The zero-order valence-electron chi connectivity index (χ0n) is 14.8. The second-order valence-electron chi connectivity index (χ2n) is 6.56. The molecule has 0 aliphatic carbocycles. The zero-order chi connectivity index (χ0) is 18.1. The molecule has 0 radical (unpaired) electrons. The normalized spacial score (nSPS) is 11.2. The van der Waals surface area contributed by atoms with Gasteiger partial charge in [-0.05, 0) is 35.7 Å². The minimum absolute atomic E-state index is 0.167. The molecule has 0 fully saturated rings. The largest absolute Gasteiger partial charge is 0.299 e. The third-order valence-electron chi connectivity index (χ3n) is 4.50. The van der Waals surface area contributed by atoms with Gasteiger partial charge in [-0.1, -0.05) is 50.2 Å². The van der Waals surface area contributed by atoms with Crippen LogP contribution in [0.25, 0.3) is 16.9 Å². The molecule has 0 amide bonds. The summed E-state index contributed by atoms with van der Waals surface area (Å²) in [4.78, 5) is 21.8.